The largest absolute Gasteiger partial charge is 0.390 e. The molecule has 5 rings (SSSR count). The molecule has 1 aromatic carbocycles. The second-order valence-electron chi connectivity index (χ2n) is 13.7. The van der Waals surface area contributed by atoms with Gasteiger partial charge in [0.05, 0.1) is 23.9 Å². The van der Waals surface area contributed by atoms with Gasteiger partial charge in [0.25, 0.3) is 5.92 Å². The molecule has 1 unspecified atom stereocenters. The topological polar surface area (TPSA) is 60.7 Å². The first-order valence-electron chi connectivity index (χ1n) is 14.7. The monoisotopic (exact) mass is 540 g/mol. The van der Waals surface area contributed by atoms with Crippen molar-refractivity contribution in [3.05, 3.63) is 35.4 Å². The second kappa shape index (κ2) is 10.0. The van der Waals surface area contributed by atoms with Crippen LogP contribution in [0.25, 0.3) is 0 Å². The molecule has 4 fully saturated rings. The van der Waals surface area contributed by atoms with Crippen LogP contribution < -0.4 is 0 Å². The van der Waals surface area contributed by atoms with E-state index in [-0.39, 0.29) is 52.9 Å². The SMILES string of the molecule is C[C@H](CCCC(O)c1c(F)cccc1F)[C@H]1CC[C@H]2[C@H]3[C@H](CC[C@]12C)[C@@]1(C)CC[C@H](O)[C@H](O)[C@@H]1CC3(F)F. The van der Waals surface area contributed by atoms with E-state index < -0.39 is 47.7 Å². The number of hydrogen-bond acceptors (Lipinski definition) is 3. The Morgan fingerprint density at radius 1 is 0.895 bits per heavy atom. The molecule has 4 aliphatic carbocycles. The number of fused-ring (bicyclic) bond motifs is 5. The number of alkyl halides is 2. The highest BCUT2D eigenvalue weighted by atomic mass is 19.3. The molecule has 38 heavy (non-hydrogen) atoms. The number of aliphatic hydroxyl groups excluding tert-OH is 3. The van der Waals surface area contributed by atoms with Crippen LogP contribution in [-0.2, 0) is 0 Å². The normalized spacial score (nSPS) is 43.6. The Morgan fingerprint density at radius 3 is 2.21 bits per heavy atom. The maximum Gasteiger partial charge on any atom is 0.251 e. The smallest absolute Gasteiger partial charge is 0.251 e. The van der Waals surface area contributed by atoms with E-state index in [2.05, 4.69) is 20.8 Å². The van der Waals surface area contributed by atoms with Crippen LogP contribution in [0.3, 0.4) is 0 Å². The zero-order valence-corrected chi connectivity index (χ0v) is 22.9. The number of rotatable bonds is 6. The fourth-order valence-corrected chi connectivity index (χ4v) is 9.97. The van der Waals surface area contributed by atoms with Gasteiger partial charge in [-0.25, -0.2) is 17.6 Å². The zero-order valence-electron chi connectivity index (χ0n) is 22.9. The molecule has 4 saturated carbocycles. The third-order valence-electron chi connectivity index (χ3n) is 12.0. The summed E-state index contributed by atoms with van der Waals surface area (Å²) in [6.07, 6.45) is 2.50. The fourth-order valence-electron chi connectivity index (χ4n) is 9.97. The summed E-state index contributed by atoms with van der Waals surface area (Å²) in [7, 11) is 0. The Morgan fingerprint density at radius 2 is 1.53 bits per heavy atom. The molecule has 0 amide bonds. The van der Waals surface area contributed by atoms with E-state index in [1.165, 1.54) is 6.07 Å². The minimum absolute atomic E-state index is 0.0800. The minimum atomic E-state index is -2.87. The van der Waals surface area contributed by atoms with Crippen LogP contribution in [-0.4, -0.2) is 33.5 Å². The first-order valence-corrected chi connectivity index (χ1v) is 14.7. The Balaban J connectivity index is 1.28. The summed E-state index contributed by atoms with van der Waals surface area (Å²) in [4.78, 5) is 0. The van der Waals surface area contributed by atoms with Crippen LogP contribution in [0.1, 0.15) is 96.6 Å². The lowest BCUT2D eigenvalue weighted by Gasteiger charge is -2.63. The summed E-state index contributed by atoms with van der Waals surface area (Å²) < 4.78 is 60.0. The zero-order chi connectivity index (χ0) is 27.6. The van der Waals surface area contributed by atoms with Crippen molar-refractivity contribution in [2.45, 2.75) is 109 Å². The van der Waals surface area contributed by atoms with Crippen molar-refractivity contribution < 1.29 is 32.9 Å². The highest BCUT2D eigenvalue weighted by molar-refractivity contribution is 5.22. The molecular weight excluding hydrogens is 496 g/mol. The van der Waals surface area contributed by atoms with E-state index in [1.807, 2.05) is 0 Å². The standard InChI is InChI=1S/C31H44F4O3/c1-17(6-4-9-24(36)26-22(32)7-5-8-23(26)33)18-10-11-19-27-20(12-14-29(18,19)2)30(3)15-13-25(37)28(38)21(30)16-31(27,34)35/h5,7-8,17-21,24-25,27-28,36-38H,4,6,9-16H2,1-3H3/t17-,18-,19+,20+,21+,24?,25+,27+,28-,29-,30-/m1/s1. The summed E-state index contributed by atoms with van der Waals surface area (Å²) in [5, 5.41) is 31.4. The predicted molar refractivity (Wildman–Crippen MR) is 137 cm³/mol. The van der Waals surface area contributed by atoms with Gasteiger partial charge in [-0.1, -0.05) is 39.7 Å². The highest BCUT2D eigenvalue weighted by Crippen LogP contribution is 2.71. The molecule has 11 atom stereocenters. The summed E-state index contributed by atoms with van der Waals surface area (Å²) in [5.74, 6) is -5.31. The maximum absolute atomic E-state index is 16.0. The predicted octanol–water partition coefficient (Wildman–Crippen LogP) is 7.04. The van der Waals surface area contributed by atoms with Gasteiger partial charge < -0.3 is 15.3 Å². The molecule has 0 radical (unpaired) electrons. The lowest BCUT2D eigenvalue weighted by molar-refractivity contribution is -0.258. The molecular formula is C31H44F4O3. The summed E-state index contributed by atoms with van der Waals surface area (Å²) in [6.45, 7) is 6.45. The van der Waals surface area contributed by atoms with Gasteiger partial charge in [-0.05, 0) is 97.5 Å². The third-order valence-corrected chi connectivity index (χ3v) is 12.0. The van der Waals surface area contributed by atoms with Crippen molar-refractivity contribution in [3.8, 4) is 0 Å². The van der Waals surface area contributed by atoms with E-state index in [9.17, 15) is 24.1 Å². The molecule has 0 aliphatic heterocycles. The summed E-state index contributed by atoms with van der Waals surface area (Å²) in [5.41, 5.74) is -0.859. The van der Waals surface area contributed by atoms with E-state index in [1.54, 1.807) is 0 Å². The van der Waals surface area contributed by atoms with Gasteiger partial charge >= 0.3 is 0 Å². The van der Waals surface area contributed by atoms with Crippen LogP contribution in [0.5, 0.6) is 0 Å². The number of aliphatic hydroxyl groups is 3. The third kappa shape index (κ3) is 4.43. The molecule has 7 heteroatoms. The molecule has 0 heterocycles. The Bertz CT molecular complexity index is 999. The van der Waals surface area contributed by atoms with Crippen molar-refractivity contribution in [2.24, 2.45) is 46.3 Å². The van der Waals surface area contributed by atoms with Crippen LogP contribution >= 0.6 is 0 Å². The van der Waals surface area contributed by atoms with Crippen molar-refractivity contribution in [2.75, 3.05) is 0 Å². The first kappa shape index (κ1) is 28.4. The maximum atomic E-state index is 16.0. The summed E-state index contributed by atoms with van der Waals surface area (Å²) in [6, 6.07) is 3.59. The van der Waals surface area contributed by atoms with Crippen molar-refractivity contribution >= 4 is 0 Å². The summed E-state index contributed by atoms with van der Waals surface area (Å²) >= 11 is 0. The van der Waals surface area contributed by atoms with Gasteiger partial charge in [-0.15, -0.1) is 0 Å². The average molecular weight is 541 g/mol. The molecule has 214 valence electrons. The van der Waals surface area contributed by atoms with Crippen LogP contribution in [0.4, 0.5) is 17.6 Å². The van der Waals surface area contributed by atoms with E-state index in [4.69, 9.17) is 0 Å². The Labute approximate surface area is 224 Å². The molecule has 4 aliphatic rings. The van der Waals surface area contributed by atoms with Gasteiger partial charge in [0, 0.05) is 12.3 Å². The molecule has 1 aromatic rings. The lowest BCUT2D eigenvalue weighted by atomic mass is 9.43. The highest BCUT2D eigenvalue weighted by Gasteiger charge is 2.69. The minimum Gasteiger partial charge on any atom is -0.390 e. The quantitative estimate of drug-likeness (QED) is 0.339. The molecule has 0 bridgehead atoms. The molecule has 3 N–H and O–H groups in total. The first-order chi connectivity index (χ1) is 17.8. The van der Waals surface area contributed by atoms with Crippen LogP contribution in [0.15, 0.2) is 18.2 Å². The Kier molecular flexibility index (Phi) is 7.48. The van der Waals surface area contributed by atoms with E-state index >= 15 is 8.78 Å². The van der Waals surface area contributed by atoms with Crippen molar-refractivity contribution in [1.82, 2.24) is 0 Å². The second-order valence-corrected chi connectivity index (χ2v) is 13.7. The Hall–Kier alpha value is -1.18. The van der Waals surface area contributed by atoms with Gasteiger partial charge in [-0.3, -0.25) is 0 Å². The van der Waals surface area contributed by atoms with E-state index in [0.29, 0.717) is 19.3 Å². The van der Waals surface area contributed by atoms with E-state index in [0.717, 1.165) is 44.2 Å². The van der Waals surface area contributed by atoms with Gasteiger partial charge in [0.2, 0.25) is 0 Å². The number of hydrogen-bond donors (Lipinski definition) is 3. The number of halogens is 4. The van der Waals surface area contributed by atoms with Crippen molar-refractivity contribution in [3.63, 3.8) is 0 Å². The number of benzene rings is 1. The molecule has 0 aromatic heterocycles. The fraction of sp³-hybridized carbons (Fsp3) is 0.806. The lowest BCUT2D eigenvalue weighted by Crippen LogP contribution is -2.64. The van der Waals surface area contributed by atoms with Gasteiger partial charge in [0.1, 0.15) is 11.6 Å². The van der Waals surface area contributed by atoms with Crippen LogP contribution in [0.2, 0.25) is 0 Å². The molecule has 3 nitrogen and oxygen atoms in total. The van der Waals surface area contributed by atoms with Crippen LogP contribution in [0, 0.1) is 58.0 Å². The van der Waals surface area contributed by atoms with Gasteiger partial charge in [0.15, 0.2) is 0 Å². The molecule has 0 spiro atoms. The van der Waals surface area contributed by atoms with Gasteiger partial charge in [-0.2, -0.15) is 0 Å². The van der Waals surface area contributed by atoms with Crippen molar-refractivity contribution in [1.29, 1.82) is 0 Å². The average Bonchev–Trinajstić information content (AvgIpc) is 3.20. The molecule has 0 saturated heterocycles.